The molecule has 2 fully saturated rings. The van der Waals surface area contributed by atoms with Gasteiger partial charge in [0.1, 0.15) is 12.1 Å². The number of hydrogen-bond donors (Lipinski definition) is 2. The molecule has 1 spiro atoms. The van der Waals surface area contributed by atoms with Crippen molar-refractivity contribution in [2.24, 2.45) is 0 Å². The smallest absolute Gasteiger partial charge is 0.325 e. The predicted molar refractivity (Wildman–Crippen MR) is 92.4 cm³/mol. The quantitative estimate of drug-likeness (QED) is 0.646. The molecule has 0 bridgehead atoms. The second-order valence-corrected chi connectivity index (χ2v) is 6.41. The second-order valence-electron chi connectivity index (χ2n) is 6.41. The van der Waals surface area contributed by atoms with Crippen molar-refractivity contribution in [3.8, 4) is 11.8 Å². The van der Waals surface area contributed by atoms with Crippen molar-refractivity contribution in [2.45, 2.75) is 37.6 Å². The van der Waals surface area contributed by atoms with Gasteiger partial charge in [0.15, 0.2) is 0 Å². The maximum absolute atomic E-state index is 12.6. The molecule has 1 aromatic rings. The molecule has 0 radical (unpaired) electrons. The second kappa shape index (κ2) is 7.39. The molecule has 1 heterocycles. The Balaban J connectivity index is 1.52. The lowest BCUT2D eigenvalue weighted by atomic mass is 9.82. The first-order valence-corrected chi connectivity index (χ1v) is 8.55. The lowest BCUT2D eigenvalue weighted by Gasteiger charge is -2.30. The van der Waals surface area contributed by atoms with Gasteiger partial charge >= 0.3 is 6.03 Å². The predicted octanol–water partition coefficient (Wildman–Crippen LogP) is 1.41. The van der Waals surface area contributed by atoms with Crippen LogP contribution in [0.5, 0.6) is 0 Å². The van der Waals surface area contributed by atoms with Crippen LogP contribution in [0.4, 0.5) is 4.79 Å². The first-order chi connectivity index (χ1) is 12.1. The number of hydrogen-bond acceptors (Lipinski definition) is 3. The highest BCUT2D eigenvalue weighted by Crippen LogP contribution is 2.33. The summed E-state index contributed by atoms with van der Waals surface area (Å²) in [6.45, 7) is -0.0953. The number of rotatable bonds is 3. The molecule has 6 nitrogen and oxygen atoms in total. The van der Waals surface area contributed by atoms with Gasteiger partial charge in [-0.2, -0.15) is 0 Å². The van der Waals surface area contributed by atoms with Crippen LogP contribution in [0.3, 0.4) is 0 Å². The van der Waals surface area contributed by atoms with Crippen molar-refractivity contribution in [1.82, 2.24) is 15.5 Å². The minimum absolute atomic E-state index is 0.169. The molecule has 2 N–H and O–H groups in total. The van der Waals surface area contributed by atoms with Crippen LogP contribution in [-0.4, -0.2) is 41.4 Å². The largest absolute Gasteiger partial charge is 0.344 e. The third kappa shape index (κ3) is 3.82. The summed E-state index contributed by atoms with van der Waals surface area (Å²) >= 11 is 0. The number of imide groups is 1. The first-order valence-electron chi connectivity index (χ1n) is 8.55. The van der Waals surface area contributed by atoms with Crippen molar-refractivity contribution in [1.29, 1.82) is 0 Å². The summed E-state index contributed by atoms with van der Waals surface area (Å²) in [5.41, 5.74) is 0.0769. The Morgan fingerprint density at radius 2 is 1.88 bits per heavy atom. The molecule has 1 saturated carbocycles. The molecule has 0 unspecified atom stereocenters. The third-order valence-corrected chi connectivity index (χ3v) is 4.64. The number of nitrogens with one attached hydrogen (secondary N) is 2. The maximum atomic E-state index is 12.6. The zero-order chi connectivity index (χ0) is 17.7. The molecule has 130 valence electrons. The van der Waals surface area contributed by atoms with Gasteiger partial charge in [0.05, 0.1) is 6.54 Å². The summed E-state index contributed by atoms with van der Waals surface area (Å²) in [5.74, 6) is 5.12. The molecule has 4 amide bonds. The SMILES string of the molecule is O=C(CN1C(=O)NC2(CCCCC2)C1=O)NCC#Cc1ccccc1. The zero-order valence-corrected chi connectivity index (χ0v) is 14.0. The maximum Gasteiger partial charge on any atom is 0.325 e. The minimum Gasteiger partial charge on any atom is -0.344 e. The Labute approximate surface area is 147 Å². The van der Waals surface area contributed by atoms with Crippen LogP contribution in [0.2, 0.25) is 0 Å². The number of carbonyl (C=O) groups is 3. The van der Waals surface area contributed by atoms with Crippen molar-refractivity contribution >= 4 is 17.8 Å². The summed E-state index contributed by atoms with van der Waals surface area (Å²) in [6, 6.07) is 8.97. The van der Waals surface area contributed by atoms with Crippen molar-refractivity contribution < 1.29 is 14.4 Å². The number of urea groups is 1. The molecule has 1 aliphatic carbocycles. The van der Waals surface area contributed by atoms with Crippen LogP contribution < -0.4 is 10.6 Å². The average molecular weight is 339 g/mol. The number of amides is 4. The van der Waals surface area contributed by atoms with Gasteiger partial charge in [-0.3, -0.25) is 14.5 Å². The molecule has 1 saturated heterocycles. The summed E-state index contributed by atoms with van der Waals surface area (Å²) < 4.78 is 0. The minimum atomic E-state index is -0.789. The van der Waals surface area contributed by atoms with Crippen molar-refractivity contribution in [3.05, 3.63) is 35.9 Å². The van der Waals surface area contributed by atoms with Gasteiger partial charge in [-0.25, -0.2) is 4.79 Å². The highest BCUT2D eigenvalue weighted by atomic mass is 16.2. The molecular formula is C19H21N3O3. The fraction of sp³-hybridized carbons (Fsp3) is 0.421. The van der Waals surface area contributed by atoms with Crippen molar-refractivity contribution in [3.63, 3.8) is 0 Å². The standard InChI is InChI=1S/C19H21N3O3/c23-16(20-13-7-10-15-8-3-1-4-9-15)14-22-17(24)19(21-18(22)25)11-5-2-6-12-19/h1,3-4,8-9H,2,5-6,11-14H2,(H,20,23)(H,21,25). The normalized spacial score (nSPS) is 18.5. The van der Waals surface area contributed by atoms with Crippen LogP contribution >= 0.6 is 0 Å². The number of nitrogens with zero attached hydrogens (tertiary/aromatic N) is 1. The van der Waals surface area contributed by atoms with E-state index in [4.69, 9.17) is 0 Å². The van der Waals surface area contributed by atoms with Gasteiger partial charge in [0.2, 0.25) is 5.91 Å². The topological polar surface area (TPSA) is 78.5 Å². The fourth-order valence-corrected chi connectivity index (χ4v) is 3.32. The Bertz CT molecular complexity index is 727. The Morgan fingerprint density at radius 3 is 2.60 bits per heavy atom. The first kappa shape index (κ1) is 17.0. The van der Waals surface area contributed by atoms with E-state index in [-0.39, 0.29) is 19.0 Å². The van der Waals surface area contributed by atoms with Gasteiger partial charge < -0.3 is 10.6 Å². The van der Waals surface area contributed by atoms with Crippen LogP contribution in [0.15, 0.2) is 30.3 Å². The van der Waals surface area contributed by atoms with E-state index in [2.05, 4.69) is 22.5 Å². The number of benzene rings is 1. The summed E-state index contributed by atoms with van der Waals surface area (Å²) in [5, 5.41) is 5.42. The summed E-state index contributed by atoms with van der Waals surface area (Å²) in [7, 11) is 0. The molecule has 1 aromatic carbocycles. The van der Waals surface area contributed by atoms with Crippen LogP contribution in [0.1, 0.15) is 37.7 Å². The summed E-state index contributed by atoms with van der Waals surface area (Å²) in [6.07, 6.45) is 4.21. The molecule has 1 aliphatic heterocycles. The van der Waals surface area contributed by atoms with Gasteiger partial charge in [0.25, 0.3) is 5.91 Å². The lowest BCUT2D eigenvalue weighted by Crippen LogP contribution is -2.49. The average Bonchev–Trinajstić information content (AvgIpc) is 2.84. The van der Waals surface area contributed by atoms with E-state index in [1.807, 2.05) is 30.3 Å². The molecule has 3 rings (SSSR count). The van der Waals surface area contributed by atoms with Gasteiger partial charge in [-0.15, -0.1) is 0 Å². The van der Waals surface area contributed by atoms with Gasteiger partial charge in [0, 0.05) is 5.56 Å². The number of carbonyl (C=O) groups excluding carboxylic acids is 3. The lowest BCUT2D eigenvalue weighted by molar-refractivity contribution is -0.135. The van der Waals surface area contributed by atoms with E-state index in [0.29, 0.717) is 12.8 Å². The molecule has 0 atom stereocenters. The third-order valence-electron chi connectivity index (χ3n) is 4.64. The van der Waals surface area contributed by atoms with E-state index in [9.17, 15) is 14.4 Å². The fourth-order valence-electron chi connectivity index (χ4n) is 3.32. The monoisotopic (exact) mass is 339 g/mol. The van der Waals surface area contributed by atoms with Crippen molar-refractivity contribution in [2.75, 3.05) is 13.1 Å². The molecule has 2 aliphatic rings. The highest BCUT2D eigenvalue weighted by Gasteiger charge is 2.51. The van der Waals surface area contributed by atoms with Crippen LogP contribution in [0, 0.1) is 11.8 Å². The Morgan fingerprint density at radius 1 is 1.16 bits per heavy atom. The molecule has 6 heteroatoms. The van der Waals surface area contributed by atoms with E-state index in [1.165, 1.54) is 0 Å². The Kier molecular flexibility index (Phi) is 5.03. The van der Waals surface area contributed by atoms with Crippen LogP contribution in [0.25, 0.3) is 0 Å². The highest BCUT2D eigenvalue weighted by molar-refractivity contribution is 6.09. The molecule has 0 aromatic heterocycles. The van der Waals surface area contributed by atoms with Gasteiger partial charge in [-0.1, -0.05) is 49.3 Å². The van der Waals surface area contributed by atoms with E-state index in [0.717, 1.165) is 29.7 Å². The zero-order valence-electron chi connectivity index (χ0n) is 14.0. The van der Waals surface area contributed by atoms with Crippen LogP contribution in [-0.2, 0) is 9.59 Å². The van der Waals surface area contributed by atoms with Gasteiger partial charge in [-0.05, 0) is 25.0 Å². The summed E-state index contributed by atoms with van der Waals surface area (Å²) in [4.78, 5) is 37.7. The van der Waals surface area contributed by atoms with E-state index >= 15 is 0 Å². The van der Waals surface area contributed by atoms with E-state index in [1.54, 1.807) is 0 Å². The van der Waals surface area contributed by atoms with E-state index < -0.39 is 17.5 Å². The molecular weight excluding hydrogens is 318 g/mol. The molecule has 25 heavy (non-hydrogen) atoms. The Hall–Kier alpha value is -2.81.